The fourth-order valence-electron chi connectivity index (χ4n) is 2.04. The summed E-state index contributed by atoms with van der Waals surface area (Å²) in [6, 6.07) is 4.79. The minimum Gasteiger partial charge on any atom is -0.494 e. The normalized spacial score (nSPS) is 17.7. The molecule has 118 valence electrons. The number of nitrogens with one attached hydrogen (secondary N) is 2. The van der Waals surface area contributed by atoms with Crippen molar-refractivity contribution in [1.29, 1.82) is 0 Å². The Bertz CT molecular complexity index is 468. The Hall–Kier alpha value is -1.37. The van der Waals surface area contributed by atoms with Crippen LogP contribution in [-0.4, -0.2) is 45.4 Å². The molecule has 1 aliphatic heterocycles. The molecule has 5 nitrogen and oxygen atoms in total. The van der Waals surface area contributed by atoms with E-state index in [2.05, 4.69) is 10.6 Å². The molecule has 1 atom stereocenters. The molecule has 21 heavy (non-hydrogen) atoms. The summed E-state index contributed by atoms with van der Waals surface area (Å²) in [5, 5.41) is 5.89. The Morgan fingerprint density at radius 2 is 2.38 bits per heavy atom. The Labute approximate surface area is 129 Å². The van der Waals surface area contributed by atoms with Gasteiger partial charge in [0, 0.05) is 19.6 Å². The molecule has 1 fully saturated rings. The SMILES string of the molecule is COc1ccc(CCNC(=O)C2CNCCO2)cc1F.Cl. The second-order valence-corrected chi connectivity index (χ2v) is 4.57. The third-order valence-corrected chi connectivity index (χ3v) is 3.15. The van der Waals surface area contributed by atoms with Crippen LogP contribution in [0.5, 0.6) is 5.75 Å². The van der Waals surface area contributed by atoms with E-state index in [9.17, 15) is 9.18 Å². The van der Waals surface area contributed by atoms with Gasteiger partial charge in [-0.15, -0.1) is 12.4 Å². The van der Waals surface area contributed by atoms with Gasteiger partial charge < -0.3 is 20.1 Å². The van der Waals surface area contributed by atoms with Crippen LogP contribution in [0.25, 0.3) is 0 Å². The van der Waals surface area contributed by atoms with Gasteiger partial charge in [-0.1, -0.05) is 6.07 Å². The van der Waals surface area contributed by atoms with Crippen LogP contribution in [0.4, 0.5) is 4.39 Å². The predicted octanol–water partition coefficient (Wildman–Crippen LogP) is 0.903. The molecular formula is C14H20ClFN2O3. The number of ether oxygens (including phenoxy) is 2. The third-order valence-electron chi connectivity index (χ3n) is 3.15. The highest BCUT2D eigenvalue weighted by molar-refractivity contribution is 5.85. The number of morpholine rings is 1. The summed E-state index contributed by atoms with van der Waals surface area (Å²) in [5.74, 6) is -0.304. The van der Waals surface area contributed by atoms with Gasteiger partial charge in [0.1, 0.15) is 6.10 Å². The monoisotopic (exact) mass is 318 g/mol. The lowest BCUT2D eigenvalue weighted by Crippen LogP contribution is -2.48. The highest BCUT2D eigenvalue weighted by Gasteiger charge is 2.20. The minimum absolute atomic E-state index is 0. The zero-order chi connectivity index (χ0) is 14.4. The topological polar surface area (TPSA) is 59.6 Å². The van der Waals surface area contributed by atoms with Crippen LogP contribution in [0.1, 0.15) is 5.56 Å². The van der Waals surface area contributed by atoms with Gasteiger partial charge in [-0.25, -0.2) is 4.39 Å². The van der Waals surface area contributed by atoms with Crippen LogP contribution < -0.4 is 15.4 Å². The highest BCUT2D eigenvalue weighted by Crippen LogP contribution is 2.17. The summed E-state index contributed by atoms with van der Waals surface area (Å²) in [6.45, 7) is 2.30. The van der Waals surface area contributed by atoms with E-state index in [1.165, 1.54) is 13.2 Å². The van der Waals surface area contributed by atoms with E-state index in [1.807, 2.05) is 0 Å². The molecule has 0 spiro atoms. The van der Waals surface area contributed by atoms with Crippen molar-refractivity contribution in [3.63, 3.8) is 0 Å². The smallest absolute Gasteiger partial charge is 0.250 e. The standard InChI is InChI=1S/C14H19FN2O3.ClH/c1-19-12-3-2-10(8-11(12)15)4-5-17-14(18)13-9-16-6-7-20-13;/h2-3,8,13,16H,4-7,9H2,1H3,(H,17,18);1H. The van der Waals surface area contributed by atoms with Gasteiger partial charge in [-0.05, 0) is 24.1 Å². The van der Waals surface area contributed by atoms with Crippen LogP contribution >= 0.6 is 12.4 Å². The first-order valence-corrected chi connectivity index (χ1v) is 6.63. The van der Waals surface area contributed by atoms with Crippen LogP contribution in [0, 0.1) is 5.82 Å². The molecule has 2 rings (SSSR count). The molecule has 0 aliphatic carbocycles. The Balaban J connectivity index is 0.00000220. The Kier molecular flexibility index (Phi) is 7.42. The van der Waals surface area contributed by atoms with Gasteiger partial charge in [0.15, 0.2) is 11.6 Å². The van der Waals surface area contributed by atoms with Crippen LogP contribution in [-0.2, 0) is 16.0 Å². The van der Waals surface area contributed by atoms with Gasteiger partial charge in [-0.2, -0.15) is 0 Å². The largest absolute Gasteiger partial charge is 0.494 e. The van der Waals surface area contributed by atoms with Crippen molar-refractivity contribution in [2.45, 2.75) is 12.5 Å². The zero-order valence-electron chi connectivity index (χ0n) is 11.9. The lowest BCUT2D eigenvalue weighted by atomic mass is 10.1. The van der Waals surface area contributed by atoms with Crippen molar-refractivity contribution >= 4 is 18.3 Å². The number of benzene rings is 1. The molecule has 0 saturated carbocycles. The van der Waals surface area contributed by atoms with E-state index in [1.54, 1.807) is 12.1 Å². The summed E-state index contributed by atoms with van der Waals surface area (Å²) in [4.78, 5) is 11.8. The maximum Gasteiger partial charge on any atom is 0.250 e. The molecule has 1 saturated heterocycles. The Morgan fingerprint density at radius 1 is 1.57 bits per heavy atom. The molecule has 2 N–H and O–H groups in total. The number of carbonyl (C=O) groups excluding carboxylic acids is 1. The van der Waals surface area contributed by atoms with E-state index in [0.717, 1.165) is 12.1 Å². The average molecular weight is 319 g/mol. The first-order chi connectivity index (χ1) is 9.70. The number of amides is 1. The summed E-state index contributed by atoms with van der Waals surface area (Å²) in [7, 11) is 1.43. The molecule has 0 radical (unpaired) electrons. The molecule has 0 aromatic heterocycles. The van der Waals surface area contributed by atoms with Crippen LogP contribution in [0.3, 0.4) is 0 Å². The lowest BCUT2D eigenvalue weighted by Gasteiger charge is -2.22. The fraction of sp³-hybridized carbons (Fsp3) is 0.500. The number of hydrogen-bond donors (Lipinski definition) is 2. The zero-order valence-corrected chi connectivity index (χ0v) is 12.7. The van der Waals surface area contributed by atoms with Crippen LogP contribution in [0.2, 0.25) is 0 Å². The number of carbonyl (C=O) groups is 1. The lowest BCUT2D eigenvalue weighted by molar-refractivity contribution is -0.134. The molecule has 1 aliphatic rings. The summed E-state index contributed by atoms with van der Waals surface area (Å²) in [6.07, 6.45) is 0.128. The number of rotatable bonds is 5. The van der Waals surface area contributed by atoms with Crippen molar-refractivity contribution in [3.05, 3.63) is 29.6 Å². The summed E-state index contributed by atoms with van der Waals surface area (Å²) >= 11 is 0. The van der Waals surface area contributed by atoms with E-state index < -0.39 is 11.9 Å². The summed E-state index contributed by atoms with van der Waals surface area (Å²) < 4.78 is 23.7. The highest BCUT2D eigenvalue weighted by atomic mass is 35.5. The number of methoxy groups -OCH3 is 1. The van der Waals surface area contributed by atoms with Crippen molar-refractivity contribution in [1.82, 2.24) is 10.6 Å². The second kappa shape index (κ2) is 8.81. The van der Waals surface area contributed by atoms with Crippen molar-refractivity contribution in [3.8, 4) is 5.75 Å². The van der Waals surface area contributed by atoms with Gasteiger partial charge in [0.25, 0.3) is 0 Å². The summed E-state index contributed by atoms with van der Waals surface area (Å²) in [5.41, 5.74) is 0.811. The van der Waals surface area contributed by atoms with E-state index in [0.29, 0.717) is 26.1 Å². The van der Waals surface area contributed by atoms with E-state index >= 15 is 0 Å². The van der Waals surface area contributed by atoms with E-state index in [-0.39, 0.29) is 24.1 Å². The van der Waals surface area contributed by atoms with Crippen molar-refractivity contribution < 1.29 is 18.7 Å². The average Bonchev–Trinajstić information content (AvgIpc) is 2.48. The molecule has 0 bridgehead atoms. The minimum atomic E-state index is -0.434. The van der Waals surface area contributed by atoms with Crippen molar-refractivity contribution in [2.24, 2.45) is 0 Å². The maximum absolute atomic E-state index is 13.5. The van der Waals surface area contributed by atoms with Gasteiger partial charge >= 0.3 is 0 Å². The molecular weight excluding hydrogens is 299 g/mol. The van der Waals surface area contributed by atoms with Crippen molar-refractivity contribution in [2.75, 3.05) is 33.4 Å². The molecule has 7 heteroatoms. The number of halogens is 2. The first kappa shape index (κ1) is 17.7. The molecule has 1 amide bonds. The van der Waals surface area contributed by atoms with Gasteiger partial charge in [0.2, 0.25) is 5.91 Å². The van der Waals surface area contributed by atoms with E-state index in [4.69, 9.17) is 9.47 Å². The third kappa shape index (κ3) is 5.15. The quantitative estimate of drug-likeness (QED) is 0.847. The first-order valence-electron chi connectivity index (χ1n) is 6.63. The fourth-order valence-corrected chi connectivity index (χ4v) is 2.04. The second-order valence-electron chi connectivity index (χ2n) is 4.57. The molecule has 1 unspecified atom stereocenters. The Morgan fingerprint density at radius 3 is 3.00 bits per heavy atom. The maximum atomic E-state index is 13.5. The van der Waals surface area contributed by atoms with Crippen LogP contribution in [0.15, 0.2) is 18.2 Å². The molecule has 1 heterocycles. The van der Waals surface area contributed by atoms with Gasteiger partial charge in [-0.3, -0.25) is 4.79 Å². The molecule has 1 aromatic rings. The predicted molar refractivity (Wildman–Crippen MR) is 79.5 cm³/mol. The van der Waals surface area contributed by atoms with Gasteiger partial charge in [0.05, 0.1) is 13.7 Å². The number of hydrogen-bond acceptors (Lipinski definition) is 4. The molecule has 1 aromatic carbocycles.